The first kappa shape index (κ1) is 16.7. The first-order valence-corrected chi connectivity index (χ1v) is 9.11. The van der Waals surface area contributed by atoms with E-state index in [1.54, 1.807) is 12.1 Å². The zero-order valence-corrected chi connectivity index (χ0v) is 14.3. The molecule has 1 aliphatic rings. The Kier molecular flexibility index (Phi) is 4.98. The number of hydrogen-bond acceptors (Lipinski definition) is 3. The zero-order chi connectivity index (χ0) is 15.7. The van der Waals surface area contributed by atoms with Gasteiger partial charge in [-0.15, -0.1) is 0 Å². The fourth-order valence-electron chi connectivity index (χ4n) is 2.35. The van der Waals surface area contributed by atoms with E-state index < -0.39 is 10.0 Å². The quantitative estimate of drug-likeness (QED) is 0.808. The van der Waals surface area contributed by atoms with Crippen LogP contribution in [-0.2, 0) is 16.6 Å². The largest absolute Gasteiger partial charge is 0.313 e. The van der Waals surface area contributed by atoms with Crippen molar-refractivity contribution in [1.82, 2.24) is 10.0 Å². The lowest BCUT2D eigenvalue weighted by Gasteiger charge is -2.11. The second-order valence-electron chi connectivity index (χ2n) is 6.29. The van der Waals surface area contributed by atoms with E-state index in [2.05, 4.69) is 23.9 Å². The number of hydrogen-bond donors (Lipinski definition) is 2. The first-order valence-electron chi connectivity index (χ1n) is 7.25. The Hall–Kier alpha value is -0.620. The van der Waals surface area contributed by atoms with Crippen molar-refractivity contribution < 1.29 is 8.42 Å². The third-order valence-electron chi connectivity index (χ3n) is 4.10. The molecule has 1 atom stereocenters. The molecule has 2 N–H and O–H groups in total. The van der Waals surface area contributed by atoms with Gasteiger partial charge in [0.15, 0.2) is 0 Å². The Bertz CT molecular complexity index is 614. The Morgan fingerprint density at radius 2 is 2.05 bits per heavy atom. The summed E-state index contributed by atoms with van der Waals surface area (Å²) in [6, 6.07) is 5.13. The van der Waals surface area contributed by atoms with E-state index in [9.17, 15) is 8.42 Å². The maximum Gasteiger partial charge on any atom is 0.242 e. The molecule has 0 heterocycles. The molecule has 1 unspecified atom stereocenters. The summed E-state index contributed by atoms with van der Waals surface area (Å²) < 4.78 is 27.5. The van der Waals surface area contributed by atoms with Crippen LogP contribution in [0, 0.1) is 11.3 Å². The molecular weight excluding hydrogens is 308 g/mol. The Balaban J connectivity index is 2.11. The number of rotatable bonds is 7. The number of nitrogens with one attached hydrogen (secondary N) is 2. The maximum absolute atomic E-state index is 12.4. The second-order valence-corrected chi connectivity index (χ2v) is 8.43. The van der Waals surface area contributed by atoms with Crippen molar-refractivity contribution in [3.63, 3.8) is 0 Å². The SMILES string of the molecule is CCNCc1ccc(Cl)c(S(=O)(=O)NCC2CC2(C)C)c1. The zero-order valence-electron chi connectivity index (χ0n) is 12.7. The lowest BCUT2D eigenvalue weighted by atomic mass is 10.1. The molecule has 0 amide bonds. The van der Waals surface area contributed by atoms with Crippen LogP contribution in [0.1, 0.15) is 32.8 Å². The highest BCUT2D eigenvalue weighted by atomic mass is 35.5. The van der Waals surface area contributed by atoms with Gasteiger partial charge < -0.3 is 5.32 Å². The minimum absolute atomic E-state index is 0.165. The molecule has 0 aromatic heterocycles. The molecule has 21 heavy (non-hydrogen) atoms. The molecule has 118 valence electrons. The smallest absolute Gasteiger partial charge is 0.242 e. The lowest BCUT2D eigenvalue weighted by molar-refractivity contribution is 0.537. The minimum Gasteiger partial charge on any atom is -0.313 e. The van der Waals surface area contributed by atoms with E-state index in [1.165, 1.54) is 0 Å². The van der Waals surface area contributed by atoms with Crippen LogP contribution in [0.2, 0.25) is 5.02 Å². The van der Waals surface area contributed by atoms with Crippen LogP contribution in [0.4, 0.5) is 0 Å². The highest BCUT2D eigenvalue weighted by molar-refractivity contribution is 7.89. The van der Waals surface area contributed by atoms with Crippen molar-refractivity contribution >= 4 is 21.6 Å². The molecule has 1 aliphatic carbocycles. The van der Waals surface area contributed by atoms with E-state index in [4.69, 9.17) is 11.6 Å². The molecule has 0 bridgehead atoms. The third kappa shape index (κ3) is 4.19. The molecule has 1 aromatic carbocycles. The predicted octanol–water partition coefficient (Wildman–Crippen LogP) is 2.77. The molecule has 2 rings (SSSR count). The van der Waals surface area contributed by atoms with Crippen LogP contribution in [0.25, 0.3) is 0 Å². The third-order valence-corrected chi connectivity index (χ3v) is 6.01. The molecule has 0 saturated heterocycles. The molecule has 6 heteroatoms. The van der Waals surface area contributed by atoms with E-state index in [0.29, 0.717) is 19.0 Å². The van der Waals surface area contributed by atoms with Gasteiger partial charge in [-0.2, -0.15) is 0 Å². The standard InChI is InChI=1S/C15H23ClN2O2S/c1-4-17-9-11-5-6-13(16)14(7-11)21(19,20)18-10-12-8-15(12,2)3/h5-7,12,17-18H,4,8-10H2,1-3H3. The fraction of sp³-hybridized carbons (Fsp3) is 0.600. The number of sulfonamides is 1. The monoisotopic (exact) mass is 330 g/mol. The topological polar surface area (TPSA) is 58.2 Å². The van der Waals surface area contributed by atoms with Gasteiger partial charge in [0.05, 0.1) is 5.02 Å². The molecule has 4 nitrogen and oxygen atoms in total. The van der Waals surface area contributed by atoms with Crippen molar-refractivity contribution in [2.75, 3.05) is 13.1 Å². The molecule has 1 fully saturated rings. The van der Waals surface area contributed by atoms with Gasteiger partial charge in [-0.25, -0.2) is 13.1 Å². The van der Waals surface area contributed by atoms with Gasteiger partial charge in [-0.1, -0.05) is 38.4 Å². The summed E-state index contributed by atoms with van der Waals surface area (Å²) in [5.41, 5.74) is 1.16. The Labute approximate surface area is 132 Å². The second kappa shape index (κ2) is 6.24. The Morgan fingerprint density at radius 3 is 2.62 bits per heavy atom. The normalized spacial score (nSPS) is 20.5. The summed E-state index contributed by atoms with van der Waals surface area (Å²) in [5.74, 6) is 0.413. The molecule has 1 saturated carbocycles. The van der Waals surface area contributed by atoms with Crippen molar-refractivity contribution in [3.8, 4) is 0 Å². The molecule has 0 spiro atoms. The van der Waals surface area contributed by atoms with Gasteiger partial charge >= 0.3 is 0 Å². The van der Waals surface area contributed by atoms with E-state index in [-0.39, 0.29) is 15.3 Å². The molecule has 0 aliphatic heterocycles. The van der Waals surface area contributed by atoms with E-state index in [0.717, 1.165) is 18.5 Å². The highest BCUT2D eigenvalue weighted by Gasteiger charge is 2.45. The van der Waals surface area contributed by atoms with Crippen molar-refractivity contribution in [3.05, 3.63) is 28.8 Å². The summed E-state index contributed by atoms with van der Waals surface area (Å²) in [4.78, 5) is 0.165. The van der Waals surface area contributed by atoms with Crippen LogP contribution < -0.4 is 10.0 Å². The van der Waals surface area contributed by atoms with Crippen LogP contribution >= 0.6 is 11.6 Å². The van der Waals surface area contributed by atoms with Crippen LogP contribution in [0.5, 0.6) is 0 Å². The number of halogens is 1. The van der Waals surface area contributed by atoms with Crippen molar-refractivity contribution in [2.24, 2.45) is 11.3 Å². The predicted molar refractivity (Wildman–Crippen MR) is 85.9 cm³/mol. The van der Waals surface area contributed by atoms with Gasteiger partial charge in [0, 0.05) is 13.1 Å². The Morgan fingerprint density at radius 1 is 1.38 bits per heavy atom. The van der Waals surface area contributed by atoms with Crippen LogP contribution in [-0.4, -0.2) is 21.5 Å². The maximum atomic E-state index is 12.4. The fourth-order valence-corrected chi connectivity index (χ4v) is 3.98. The molecule has 1 aromatic rings. The minimum atomic E-state index is -3.55. The van der Waals surface area contributed by atoms with Gasteiger partial charge in [-0.05, 0) is 42.0 Å². The molecular formula is C15H23ClN2O2S. The van der Waals surface area contributed by atoms with Gasteiger partial charge in [0.1, 0.15) is 4.90 Å². The highest BCUT2D eigenvalue weighted by Crippen LogP contribution is 2.51. The summed E-state index contributed by atoms with van der Waals surface area (Å²) in [5, 5.41) is 3.44. The van der Waals surface area contributed by atoms with E-state index >= 15 is 0 Å². The summed E-state index contributed by atoms with van der Waals surface area (Å²) in [6.07, 6.45) is 1.06. The van der Waals surface area contributed by atoms with Crippen molar-refractivity contribution in [2.45, 2.75) is 38.6 Å². The summed E-state index contributed by atoms with van der Waals surface area (Å²) >= 11 is 6.06. The van der Waals surface area contributed by atoms with E-state index in [1.807, 2.05) is 13.0 Å². The lowest BCUT2D eigenvalue weighted by Crippen LogP contribution is -2.27. The van der Waals surface area contributed by atoms with Crippen molar-refractivity contribution in [1.29, 1.82) is 0 Å². The van der Waals surface area contributed by atoms with Crippen LogP contribution in [0.15, 0.2) is 23.1 Å². The summed E-state index contributed by atoms with van der Waals surface area (Å²) in [6.45, 7) is 8.24. The molecule has 0 radical (unpaired) electrons. The average Bonchev–Trinajstić information content (AvgIpc) is 3.03. The summed E-state index contributed by atoms with van der Waals surface area (Å²) in [7, 11) is -3.55. The van der Waals surface area contributed by atoms with Gasteiger partial charge in [-0.3, -0.25) is 0 Å². The average molecular weight is 331 g/mol. The number of benzene rings is 1. The van der Waals surface area contributed by atoms with Gasteiger partial charge in [0.25, 0.3) is 0 Å². The first-order chi connectivity index (χ1) is 9.76. The van der Waals surface area contributed by atoms with Crippen LogP contribution in [0.3, 0.4) is 0 Å². The van der Waals surface area contributed by atoms with Gasteiger partial charge in [0.2, 0.25) is 10.0 Å².